The predicted octanol–water partition coefficient (Wildman–Crippen LogP) is 2.44. The first-order valence-electron chi connectivity index (χ1n) is 9.47. The van der Waals surface area contributed by atoms with Crippen LogP contribution in [-0.2, 0) is 19.1 Å². The molecule has 0 unspecified atom stereocenters. The number of methoxy groups -OCH3 is 1. The Morgan fingerprint density at radius 2 is 1.78 bits per heavy atom. The second kappa shape index (κ2) is 9.73. The Labute approximate surface area is 182 Å². The van der Waals surface area contributed by atoms with Gasteiger partial charge in [0.15, 0.2) is 18.1 Å². The van der Waals surface area contributed by atoms with Crippen LogP contribution in [0.3, 0.4) is 0 Å². The van der Waals surface area contributed by atoms with Crippen LogP contribution in [0, 0.1) is 5.82 Å². The third-order valence-corrected chi connectivity index (χ3v) is 4.34. The maximum absolute atomic E-state index is 13.2. The zero-order valence-electron chi connectivity index (χ0n) is 17.2. The molecule has 1 aliphatic rings. The number of anilines is 1. The average Bonchev–Trinajstić information content (AvgIpc) is 2.77. The Kier molecular flexibility index (Phi) is 6.83. The minimum atomic E-state index is -0.940. The highest BCUT2D eigenvalue weighted by Gasteiger charge is 2.36. The van der Waals surface area contributed by atoms with Gasteiger partial charge in [-0.3, -0.25) is 14.9 Å². The van der Waals surface area contributed by atoms with Crippen LogP contribution in [0.2, 0.25) is 0 Å². The fourth-order valence-corrected chi connectivity index (χ4v) is 2.85. The van der Waals surface area contributed by atoms with E-state index in [0.29, 0.717) is 12.2 Å². The van der Waals surface area contributed by atoms with Crippen molar-refractivity contribution < 1.29 is 37.8 Å². The van der Waals surface area contributed by atoms with Crippen molar-refractivity contribution in [3.05, 3.63) is 59.4 Å². The molecule has 0 atom stereocenters. The number of rotatable bonds is 7. The Morgan fingerprint density at radius 3 is 2.44 bits per heavy atom. The fourth-order valence-electron chi connectivity index (χ4n) is 2.85. The molecule has 0 aliphatic carbocycles. The molecule has 4 amide bonds. The van der Waals surface area contributed by atoms with Crippen LogP contribution in [0.1, 0.15) is 12.5 Å². The Hall–Kier alpha value is -4.21. The van der Waals surface area contributed by atoms with E-state index in [1.165, 1.54) is 37.5 Å². The van der Waals surface area contributed by atoms with Gasteiger partial charge in [-0.1, -0.05) is 6.07 Å². The van der Waals surface area contributed by atoms with Crippen LogP contribution in [0.5, 0.6) is 11.5 Å². The number of ether oxygens (including phenoxy) is 3. The summed E-state index contributed by atoms with van der Waals surface area (Å²) in [5.74, 6) is -2.31. The highest BCUT2D eigenvalue weighted by atomic mass is 19.1. The highest BCUT2D eigenvalue weighted by molar-refractivity contribution is 6.39. The van der Waals surface area contributed by atoms with E-state index in [0.717, 1.165) is 17.0 Å². The lowest BCUT2D eigenvalue weighted by Crippen LogP contribution is -2.54. The molecule has 3 rings (SSSR count). The third kappa shape index (κ3) is 4.91. The Morgan fingerprint density at radius 1 is 1.06 bits per heavy atom. The van der Waals surface area contributed by atoms with Crippen LogP contribution >= 0.6 is 0 Å². The Bertz CT molecular complexity index is 1100. The number of nitrogens with one attached hydrogen (secondary N) is 1. The molecule has 0 aromatic heterocycles. The number of hydrogen-bond acceptors (Lipinski definition) is 7. The summed E-state index contributed by atoms with van der Waals surface area (Å²) in [6.45, 7) is 1.72. The van der Waals surface area contributed by atoms with Gasteiger partial charge in [0.05, 0.1) is 19.4 Å². The largest absolute Gasteiger partial charge is 0.490 e. The van der Waals surface area contributed by atoms with Gasteiger partial charge in [0.2, 0.25) is 0 Å². The van der Waals surface area contributed by atoms with Gasteiger partial charge in [-0.15, -0.1) is 0 Å². The number of halogens is 1. The number of amides is 4. The number of urea groups is 1. The number of nitrogens with zero attached hydrogens (tertiary/aromatic N) is 1. The van der Waals surface area contributed by atoms with Gasteiger partial charge >= 0.3 is 12.0 Å². The number of esters is 1. The maximum Gasteiger partial charge on any atom is 0.343 e. The first-order valence-corrected chi connectivity index (χ1v) is 9.47. The van der Waals surface area contributed by atoms with Gasteiger partial charge in [-0.25, -0.2) is 18.9 Å². The van der Waals surface area contributed by atoms with Crippen molar-refractivity contribution in [3.8, 4) is 11.5 Å². The van der Waals surface area contributed by atoms with Gasteiger partial charge < -0.3 is 14.2 Å². The van der Waals surface area contributed by atoms with E-state index in [1.807, 2.05) is 0 Å². The summed E-state index contributed by atoms with van der Waals surface area (Å²) in [6.07, 6.45) is 1.28. The third-order valence-electron chi connectivity index (χ3n) is 4.34. The minimum absolute atomic E-state index is 0.105. The number of carbonyl (C=O) groups is 4. The number of imide groups is 2. The van der Waals surface area contributed by atoms with Crippen molar-refractivity contribution in [2.45, 2.75) is 6.92 Å². The number of carbonyl (C=O) groups excluding carboxylic acids is 4. The quantitative estimate of drug-likeness (QED) is 0.398. The van der Waals surface area contributed by atoms with E-state index in [-0.39, 0.29) is 29.4 Å². The molecular formula is C22H19FN2O7. The lowest BCUT2D eigenvalue weighted by atomic mass is 10.1. The molecule has 1 saturated heterocycles. The zero-order chi connectivity index (χ0) is 23.3. The molecule has 2 aromatic carbocycles. The van der Waals surface area contributed by atoms with Gasteiger partial charge in [-0.2, -0.15) is 0 Å². The summed E-state index contributed by atoms with van der Waals surface area (Å²) in [7, 11) is 1.23. The summed E-state index contributed by atoms with van der Waals surface area (Å²) >= 11 is 0. The van der Waals surface area contributed by atoms with E-state index >= 15 is 0 Å². The van der Waals surface area contributed by atoms with Gasteiger partial charge in [0, 0.05) is 0 Å². The smallest absolute Gasteiger partial charge is 0.343 e. The van der Waals surface area contributed by atoms with Crippen molar-refractivity contribution in [1.82, 2.24) is 5.32 Å². The molecule has 1 heterocycles. The standard InChI is InChI=1S/C22H19FN2O7/c1-3-31-18-11-13(4-9-17(18)32-12-19(26)30-2)10-16-20(27)24-22(29)25(21(16)28)15-7-5-14(23)6-8-15/h4-11H,3,12H2,1-2H3,(H,24,27,29)/b16-10+. The molecule has 1 fully saturated rings. The van der Waals surface area contributed by atoms with Crippen LogP contribution in [0.4, 0.5) is 14.9 Å². The van der Waals surface area contributed by atoms with Gasteiger partial charge in [0.25, 0.3) is 11.8 Å². The zero-order valence-corrected chi connectivity index (χ0v) is 17.2. The van der Waals surface area contributed by atoms with E-state index in [2.05, 4.69) is 10.1 Å². The van der Waals surface area contributed by atoms with Crippen molar-refractivity contribution >= 4 is 35.6 Å². The van der Waals surface area contributed by atoms with E-state index < -0.39 is 29.6 Å². The van der Waals surface area contributed by atoms with Crippen molar-refractivity contribution in [2.24, 2.45) is 0 Å². The second-order valence-electron chi connectivity index (χ2n) is 6.44. The molecule has 0 saturated carbocycles. The van der Waals surface area contributed by atoms with Crippen molar-refractivity contribution in [3.63, 3.8) is 0 Å². The first-order chi connectivity index (χ1) is 15.3. The molecule has 1 N–H and O–H groups in total. The lowest BCUT2D eigenvalue weighted by molar-refractivity contribution is -0.143. The van der Waals surface area contributed by atoms with Crippen molar-refractivity contribution in [1.29, 1.82) is 0 Å². The molecule has 166 valence electrons. The first kappa shape index (κ1) is 22.5. The second-order valence-corrected chi connectivity index (χ2v) is 6.44. The topological polar surface area (TPSA) is 111 Å². The Balaban J connectivity index is 1.92. The number of barbiturate groups is 1. The molecule has 0 spiro atoms. The SMILES string of the molecule is CCOc1cc(/C=C2\C(=O)NC(=O)N(c3ccc(F)cc3)C2=O)ccc1OCC(=O)OC. The summed E-state index contributed by atoms with van der Waals surface area (Å²) in [6, 6.07) is 8.32. The molecule has 9 nitrogen and oxygen atoms in total. The van der Waals surface area contributed by atoms with Crippen LogP contribution in [0.25, 0.3) is 6.08 Å². The molecule has 0 bridgehead atoms. The summed E-state index contributed by atoms with van der Waals surface area (Å²) in [4.78, 5) is 49.5. The molecule has 0 radical (unpaired) electrons. The molecule has 10 heteroatoms. The van der Waals surface area contributed by atoms with E-state index in [4.69, 9.17) is 9.47 Å². The number of hydrogen-bond donors (Lipinski definition) is 1. The molecular weight excluding hydrogens is 423 g/mol. The normalized spacial score (nSPS) is 14.9. The van der Waals surface area contributed by atoms with Crippen molar-refractivity contribution in [2.75, 3.05) is 25.2 Å². The number of benzene rings is 2. The summed E-state index contributed by atoms with van der Waals surface area (Å²) in [5.41, 5.74) is 0.208. The van der Waals surface area contributed by atoms with Gasteiger partial charge in [0.1, 0.15) is 11.4 Å². The molecule has 32 heavy (non-hydrogen) atoms. The van der Waals surface area contributed by atoms with E-state index in [1.54, 1.807) is 13.0 Å². The predicted molar refractivity (Wildman–Crippen MR) is 111 cm³/mol. The highest BCUT2D eigenvalue weighted by Crippen LogP contribution is 2.30. The summed E-state index contributed by atoms with van der Waals surface area (Å²) < 4.78 is 28.6. The lowest BCUT2D eigenvalue weighted by Gasteiger charge is -2.26. The fraction of sp³-hybridized carbons (Fsp3) is 0.182. The van der Waals surface area contributed by atoms with Crippen LogP contribution < -0.4 is 19.7 Å². The summed E-state index contributed by atoms with van der Waals surface area (Å²) in [5, 5.41) is 2.09. The van der Waals surface area contributed by atoms with E-state index in [9.17, 15) is 23.6 Å². The minimum Gasteiger partial charge on any atom is -0.490 e. The van der Waals surface area contributed by atoms with Crippen LogP contribution in [-0.4, -0.2) is 44.1 Å². The molecule has 2 aromatic rings. The van der Waals surface area contributed by atoms with Crippen LogP contribution in [0.15, 0.2) is 48.0 Å². The molecule has 1 aliphatic heterocycles. The maximum atomic E-state index is 13.2. The van der Waals surface area contributed by atoms with Gasteiger partial charge in [-0.05, 0) is 55.0 Å². The monoisotopic (exact) mass is 442 g/mol. The average molecular weight is 442 g/mol.